The third-order valence-electron chi connectivity index (χ3n) is 6.17. The van der Waals surface area contributed by atoms with Gasteiger partial charge in [-0.25, -0.2) is 25.9 Å². The molecule has 9 nitrogen and oxygen atoms in total. The minimum atomic E-state index is -4.23. The summed E-state index contributed by atoms with van der Waals surface area (Å²) in [4.78, 5) is 13.0. The van der Waals surface area contributed by atoms with Gasteiger partial charge in [-0.15, -0.1) is 0 Å². The van der Waals surface area contributed by atoms with E-state index in [1.165, 1.54) is 13.0 Å². The Morgan fingerprint density at radius 3 is 2.38 bits per heavy atom. The topological polar surface area (TPSA) is 127 Å². The summed E-state index contributed by atoms with van der Waals surface area (Å²) in [6, 6.07) is 8.09. The molecule has 0 unspecified atom stereocenters. The van der Waals surface area contributed by atoms with Gasteiger partial charge in [0.05, 0.1) is 23.0 Å². The number of fused-ring (bicyclic) bond motifs is 1. The van der Waals surface area contributed by atoms with Crippen LogP contribution in [0.4, 0.5) is 10.1 Å². The first-order valence-corrected chi connectivity index (χ1v) is 15.3. The number of benzene rings is 2. The van der Waals surface area contributed by atoms with Crippen LogP contribution in [-0.2, 0) is 20.0 Å². The fourth-order valence-corrected chi connectivity index (χ4v) is 6.65. The molecule has 0 atom stereocenters. The third-order valence-corrected chi connectivity index (χ3v) is 9.25. The molecule has 1 aliphatic rings. The van der Waals surface area contributed by atoms with E-state index >= 15 is 0 Å². The molecule has 0 amide bonds. The largest absolute Gasteiger partial charge is 0.287 e. The lowest BCUT2D eigenvalue weighted by molar-refractivity contribution is 0.103. The number of hydrogen-bond acceptors (Lipinski definition) is 6. The van der Waals surface area contributed by atoms with Gasteiger partial charge in [0.15, 0.2) is 0 Å². The number of anilines is 1. The molecular formula is C25H31FN4O5S2. The van der Waals surface area contributed by atoms with Crippen molar-refractivity contribution in [3.63, 3.8) is 0 Å². The van der Waals surface area contributed by atoms with E-state index in [1.807, 2.05) is 0 Å². The third kappa shape index (κ3) is 5.86. The van der Waals surface area contributed by atoms with Gasteiger partial charge in [-0.05, 0) is 76.9 Å². The molecule has 1 aromatic heterocycles. The number of carbonyl (C=O) groups excluding carboxylic acids is 1. The monoisotopic (exact) mass is 550 g/mol. The molecule has 0 aliphatic heterocycles. The first-order chi connectivity index (χ1) is 17.2. The van der Waals surface area contributed by atoms with Gasteiger partial charge in [-0.1, -0.05) is 12.8 Å². The van der Waals surface area contributed by atoms with Gasteiger partial charge in [-0.3, -0.25) is 14.2 Å². The fraction of sp³-hybridized carbons (Fsp3) is 0.440. The smallest absolute Gasteiger partial charge is 0.243 e. The van der Waals surface area contributed by atoms with Crippen molar-refractivity contribution in [2.24, 2.45) is 0 Å². The predicted octanol–water partition coefficient (Wildman–Crippen LogP) is 4.36. The predicted molar refractivity (Wildman–Crippen MR) is 140 cm³/mol. The summed E-state index contributed by atoms with van der Waals surface area (Å²) >= 11 is 0. The number of sulfonamides is 2. The Labute approximate surface area is 216 Å². The highest BCUT2D eigenvalue weighted by Gasteiger charge is 2.29. The lowest BCUT2D eigenvalue weighted by Gasteiger charge is -2.20. The van der Waals surface area contributed by atoms with Crippen LogP contribution in [0.1, 0.15) is 75.5 Å². The summed E-state index contributed by atoms with van der Waals surface area (Å²) in [6.45, 7) is 6.44. The highest BCUT2D eigenvalue weighted by Crippen LogP contribution is 2.35. The second kappa shape index (κ2) is 9.80. The van der Waals surface area contributed by atoms with Gasteiger partial charge in [0, 0.05) is 16.5 Å². The molecule has 12 heteroatoms. The van der Waals surface area contributed by atoms with Crippen LogP contribution < -0.4 is 9.44 Å². The number of halogens is 1. The van der Waals surface area contributed by atoms with Crippen LogP contribution in [0.5, 0.6) is 0 Å². The number of nitrogens with one attached hydrogen (secondary N) is 2. The maximum atomic E-state index is 14.6. The van der Waals surface area contributed by atoms with Gasteiger partial charge < -0.3 is 0 Å². The lowest BCUT2D eigenvalue weighted by Crippen LogP contribution is -2.40. The van der Waals surface area contributed by atoms with Gasteiger partial charge >= 0.3 is 0 Å². The quantitative estimate of drug-likeness (QED) is 0.401. The molecule has 37 heavy (non-hydrogen) atoms. The first kappa shape index (κ1) is 27.2. The molecule has 1 saturated carbocycles. The van der Waals surface area contributed by atoms with E-state index in [-0.39, 0.29) is 23.1 Å². The van der Waals surface area contributed by atoms with E-state index in [4.69, 9.17) is 0 Å². The highest BCUT2D eigenvalue weighted by atomic mass is 32.2. The zero-order valence-corrected chi connectivity index (χ0v) is 22.8. The van der Waals surface area contributed by atoms with E-state index < -0.39 is 42.1 Å². The molecule has 3 aromatic rings. The molecule has 0 spiro atoms. The maximum absolute atomic E-state index is 14.6. The van der Waals surface area contributed by atoms with Crippen molar-refractivity contribution in [2.45, 2.75) is 69.9 Å². The van der Waals surface area contributed by atoms with Crippen molar-refractivity contribution >= 4 is 42.4 Å². The Hall–Kier alpha value is -2.83. The molecule has 1 aliphatic carbocycles. The SMILES string of the molecule is CCS(=O)(=O)Nc1ccc2c(C(=O)c3ccc(F)c(S(=O)(=O)NC(C)(C)C)c3)nn(C3CCCC3)c2c1. The normalized spacial score (nSPS) is 15.4. The Balaban J connectivity index is 1.81. The van der Waals surface area contributed by atoms with Crippen LogP contribution in [0, 0.1) is 5.82 Å². The molecule has 0 bridgehead atoms. The Kier molecular flexibility index (Phi) is 7.21. The molecule has 200 valence electrons. The molecular weight excluding hydrogens is 519 g/mol. The van der Waals surface area contributed by atoms with E-state index in [9.17, 15) is 26.0 Å². The van der Waals surface area contributed by atoms with Crippen LogP contribution in [0.3, 0.4) is 0 Å². The highest BCUT2D eigenvalue weighted by molar-refractivity contribution is 7.92. The number of aromatic nitrogens is 2. The summed E-state index contributed by atoms with van der Waals surface area (Å²) in [7, 11) is -7.74. The molecule has 1 heterocycles. The van der Waals surface area contributed by atoms with Crippen molar-refractivity contribution in [2.75, 3.05) is 10.5 Å². The lowest BCUT2D eigenvalue weighted by atomic mass is 10.0. The average Bonchev–Trinajstić information content (AvgIpc) is 3.45. The minimum Gasteiger partial charge on any atom is -0.287 e. The zero-order valence-electron chi connectivity index (χ0n) is 21.2. The van der Waals surface area contributed by atoms with E-state index in [2.05, 4.69) is 14.5 Å². The average molecular weight is 551 g/mol. The number of carbonyl (C=O) groups is 1. The number of ketones is 1. The van der Waals surface area contributed by atoms with E-state index in [0.717, 1.165) is 37.8 Å². The fourth-order valence-electron chi connectivity index (χ4n) is 4.49. The Morgan fingerprint density at radius 2 is 1.76 bits per heavy atom. The zero-order chi connectivity index (χ0) is 27.2. The van der Waals surface area contributed by atoms with Crippen molar-refractivity contribution in [1.29, 1.82) is 0 Å². The van der Waals surface area contributed by atoms with Crippen molar-refractivity contribution in [1.82, 2.24) is 14.5 Å². The summed E-state index contributed by atoms with van der Waals surface area (Å²) in [5.74, 6) is -1.62. The minimum absolute atomic E-state index is 0.0237. The Morgan fingerprint density at radius 1 is 1.08 bits per heavy atom. The van der Waals surface area contributed by atoms with Crippen LogP contribution in [0.2, 0.25) is 0 Å². The molecule has 2 aromatic carbocycles. The van der Waals surface area contributed by atoms with Crippen LogP contribution in [0.15, 0.2) is 41.3 Å². The van der Waals surface area contributed by atoms with Gasteiger partial charge in [0.25, 0.3) is 0 Å². The van der Waals surface area contributed by atoms with Crippen LogP contribution in [-0.4, -0.2) is 43.7 Å². The summed E-state index contributed by atoms with van der Waals surface area (Å²) < 4.78 is 71.1. The molecule has 1 fully saturated rings. The summed E-state index contributed by atoms with van der Waals surface area (Å²) in [5.41, 5.74) is 0.167. The van der Waals surface area contributed by atoms with Gasteiger partial charge in [0.2, 0.25) is 25.8 Å². The second-order valence-electron chi connectivity index (χ2n) is 10.3. The second-order valence-corrected chi connectivity index (χ2v) is 14.0. The standard InChI is InChI=1S/C25H31FN4O5S2/c1-5-36(32,33)28-17-11-12-19-21(15-17)30(18-8-6-7-9-18)27-23(19)24(31)16-10-13-20(26)22(14-16)37(34,35)29-25(2,3)4/h10-15,18,28-29H,5-9H2,1-4H3. The van der Waals surface area contributed by atoms with Crippen LogP contribution >= 0.6 is 0 Å². The van der Waals surface area contributed by atoms with E-state index in [0.29, 0.717) is 16.6 Å². The number of nitrogens with zero attached hydrogens (tertiary/aromatic N) is 2. The summed E-state index contributed by atoms with van der Waals surface area (Å²) in [6.07, 6.45) is 3.76. The first-order valence-electron chi connectivity index (χ1n) is 12.1. The van der Waals surface area contributed by atoms with Crippen molar-refractivity contribution in [3.05, 3.63) is 53.5 Å². The van der Waals surface area contributed by atoms with Crippen molar-refractivity contribution in [3.8, 4) is 0 Å². The van der Waals surface area contributed by atoms with E-state index in [1.54, 1.807) is 43.7 Å². The van der Waals surface area contributed by atoms with Gasteiger partial charge in [0.1, 0.15) is 16.4 Å². The number of rotatable bonds is 8. The van der Waals surface area contributed by atoms with Crippen molar-refractivity contribution < 1.29 is 26.0 Å². The molecule has 0 saturated heterocycles. The molecule has 4 rings (SSSR count). The van der Waals surface area contributed by atoms with Gasteiger partial charge in [-0.2, -0.15) is 5.10 Å². The van der Waals surface area contributed by atoms with Crippen LogP contribution in [0.25, 0.3) is 10.9 Å². The maximum Gasteiger partial charge on any atom is 0.243 e. The Bertz CT molecular complexity index is 1570. The summed E-state index contributed by atoms with van der Waals surface area (Å²) in [5, 5.41) is 5.11. The molecule has 2 N–H and O–H groups in total. The molecule has 0 radical (unpaired) electrons. The number of hydrogen-bond donors (Lipinski definition) is 2.